The van der Waals surface area contributed by atoms with Crippen molar-refractivity contribution in [2.45, 2.75) is 51.9 Å². The maximum absolute atomic E-state index is 9.04. The van der Waals surface area contributed by atoms with Crippen molar-refractivity contribution in [2.75, 3.05) is 0 Å². The highest BCUT2D eigenvalue weighted by Gasteiger charge is 2.28. The van der Waals surface area contributed by atoms with Crippen molar-refractivity contribution in [3.05, 3.63) is 12.2 Å². The smallest absolute Gasteiger partial charge is 0.186 e. The van der Waals surface area contributed by atoms with Crippen molar-refractivity contribution < 1.29 is 4.43 Å². The van der Waals surface area contributed by atoms with Crippen LogP contribution in [-0.2, 0) is 4.43 Å². The Hall–Kier alpha value is -0.593. The lowest BCUT2D eigenvalue weighted by molar-refractivity contribution is 0.192. The molecule has 0 fully saturated rings. The van der Waals surface area contributed by atoms with Gasteiger partial charge in [-0.25, -0.2) is 0 Å². The summed E-state index contributed by atoms with van der Waals surface area (Å²) in [5.74, 6) is 0. The van der Waals surface area contributed by atoms with Crippen molar-refractivity contribution in [2.24, 2.45) is 0 Å². The van der Waals surface area contributed by atoms with E-state index in [0.717, 1.165) is 12.8 Å². The maximum atomic E-state index is 9.04. The van der Waals surface area contributed by atoms with E-state index >= 15 is 0 Å². The average molecular weight is 211 g/mol. The van der Waals surface area contributed by atoms with Crippen LogP contribution in [0, 0.1) is 11.3 Å². The lowest BCUT2D eigenvalue weighted by atomic mass is 10.1. The highest BCUT2D eigenvalue weighted by molar-refractivity contribution is 6.69. The first kappa shape index (κ1) is 13.4. The Morgan fingerprint density at radius 3 is 2.36 bits per heavy atom. The molecule has 0 aliphatic rings. The van der Waals surface area contributed by atoms with Crippen molar-refractivity contribution in [1.29, 1.82) is 5.26 Å². The summed E-state index contributed by atoms with van der Waals surface area (Å²) in [4.78, 5) is 0. The van der Waals surface area contributed by atoms with Crippen LogP contribution in [0.2, 0.25) is 19.6 Å². The van der Waals surface area contributed by atoms with E-state index in [2.05, 4.69) is 32.6 Å². The Balaban J connectivity index is 4.43. The third-order valence-corrected chi connectivity index (χ3v) is 2.67. The van der Waals surface area contributed by atoms with E-state index in [4.69, 9.17) is 9.69 Å². The van der Waals surface area contributed by atoms with Gasteiger partial charge in [0.05, 0.1) is 0 Å². The first-order chi connectivity index (χ1) is 6.33. The molecule has 0 N–H and O–H groups in total. The quantitative estimate of drug-likeness (QED) is 0.515. The van der Waals surface area contributed by atoms with Gasteiger partial charge in [0.1, 0.15) is 6.07 Å². The van der Waals surface area contributed by atoms with E-state index in [1.165, 1.54) is 0 Å². The summed E-state index contributed by atoms with van der Waals surface area (Å²) in [5, 5.41) is 9.04. The Labute approximate surface area is 88.7 Å². The minimum absolute atomic E-state index is 0.736. The van der Waals surface area contributed by atoms with Crippen molar-refractivity contribution in [1.82, 2.24) is 0 Å². The molecular formula is C11H21NOSi. The molecule has 0 amide bonds. The number of hydrogen-bond donors (Lipinski definition) is 0. The summed E-state index contributed by atoms with van der Waals surface area (Å²) in [6.45, 7) is 10.2. The average Bonchev–Trinajstić information content (AvgIpc) is 2.02. The molecule has 0 unspecified atom stereocenters. The fraction of sp³-hybridized carbons (Fsp3) is 0.727. The lowest BCUT2D eigenvalue weighted by Gasteiger charge is -2.27. The second-order valence-electron chi connectivity index (χ2n) is 4.62. The highest BCUT2D eigenvalue weighted by atomic mass is 28.4. The Kier molecular flexibility index (Phi) is 5.10. The van der Waals surface area contributed by atoms with E-state index < -0.39 is 13.9 Å². The van der Waals surface area contributed by atoms with Gasteiger partial charge in [-0.2, -0.15) is 5.26 Å². The zero-order valence-electron chi connectivity index (χ0n) is 9.92. The van der Waals surface area contributed by atoms with Gasteiger partial charge in [-0.05, 0) is 39.1 Å². The van der Waals surface area contributed by atoms with Gasteiger partial charge in [-0.3, -0.25) is 0 Å². The van der Waals surface area contributed by atoms with Gasteiger partial charge in [0.25, 0.3) is 0 Å². The summed E-state index contributed by atoms with van der Waals surface area (Å²) in [5.41, 5.74) is -0.736. The molecule has 0 bridgehead atoms. The van der Waals surface area contributed by atoms with E-state index in [1.54, 1.807) is 0 Å². The van der Waals surface area contributed by atoms with Gasteiger partial charge in [0.2, 0.25) is 0 Å². The van der Waals surface area contributed by atoms with Crippen LogP contribution in [0.15, 0.2) is 12.2 Å². The number of nitriles is 1. The molecular weight excluding hydrogens is 190 g/mol. The lowest BCUT2D eigenvalue weighted by Crippen LogP contribution is -2.38. The summed E-state index contributed by atoms with van der Waals surface area (Å²) >= 11 is 0. The first-order valence-corrected chi connectivity index (χ1v) is 8.53. The zero-order valence-corrected chi connectivity index (χ0v) is 10.9. The molecule has 0 rings (SSSR count). The van der Waals surface area contributed by atoms with Crippen LogP contribution >= 0.6 is 0 Å². The number of rotatable bonds is 5. The molecule has 3 heteroatoms. The van der Waals surface area contributed by atoms with Crippen molar-refractivity contribution in [3.8, 4) is 6.07 Å². The fourth-order valence-electron chi connectivity index (χ4n) is 1.21. The molecule has 80 valence electrons. The minimum Gasteiger partial charge on any atom is -0.397 e. The third kappa shape index (κ3) is 5.95. The van der Waals surface area contributed by atoms with Gasteiger partial charge in [-0.1, -0.05) is 19.4 Å². The van der Waals surface area contributed by atoms with Crippen LogP contribution in [0.25, 0.3) is 0 Å². The molecule has 1 atom stereocenters. The van der Waals surface area contributed by atoms with Crippen LogP contribution < -0.4 is 0 Å². The van der Waals surface area contributed by atoms with Gasteiger partial charge < -0.3 is 4.43 Å². The normalized spacial score (nSPS) is 16.6. The van der Waals surface area contributed by atoms with Crippen molar-refractivity contribution in [3.63, 3.8) is 0 Å². The molecule has 2 nitrogen and oxygen atoms in total. The van der Waals surface area contributed by atoms with Gasteiger partial charge in [0, 0.05) is 0 Å². The Morgan fingerprint density at radius 1 is 1.43 bits per heavy atom. The van der Waals surface area contributed by atoms with E-state index in [0.29, 0.717) is 0 Å². The third-order valence-electron chi connectivity index (χ3n) is 1.63. The van der Waals surface area contributed by atoms with Crippen molar-refractivity contribution >= 4 is 8.32 Å². The Bertz CT molecular complexity index is 237. The molecule has 0 radical (unpaired) electrons. The number of unbranched alkanes of at least 4 members (excludes halogenated alkanes) is 1. The van der Waals surface area contributed by atoms with Gasteiger partial charge in [-0.15, -0.1) is 0 Å². The first-order valence-electron chi connectivity index (χ1n) is 5.12. The molecule has 0 aromatic carbocycles. The number of hydrogen-bond acceptors (Lipinski definition) is 2. The second-order valence-corrected chi connectivity index (χ2v) is 9.05. The molecule has 0 heterocycles. The van der Waals surface area contributed by atoms with Gasteiger partial charge in [0.15, 0.2) is 13.9 Å². The monoisotopic (exact) mass is 211 g/mol. The second kappa shape index (κ2) is 5.33. The summed E-state index contributed by atoms with van der Waals surface area (Å²) in [7, 11) is -1.65. The predicted octanol–water partition coefficient (Wildman–Crippen LogP) is 3.48. The zero-order chi connectivity index (χ0) is 11.2. The van der Waals surface area contributed by atoms with Crippen LogP contribution in [0.3, 0.4) is 0 Å². The predicted molar refractivity (Wildman–Crippen MR) is 62.5 cm³/mol. The number of nitrogens with zero attached hydrogens (tertiary/aromatic N) is 1. The molecule has 0 aromatic rings. The summed E-state index contributed by atoms with van der Waals surface area (Å²) in [6.07, 6.45) is 6.02. The van der Waals surface area contributed by atoms with Crippen LogP contribution in [0.1, 0.15) is 26.7 Å². The number of allylic oxidation sites excluding steroid dienone is 1. The van der Waals surface area contributed by atoms with Crippen LogP contribution in [0.4, 0.5) is 0 Å². The summed E-state index contributed by atoms with van der Waals surface area (Å²) < 4.78 is 5.81. The molecule has 14 heavy (non-hydrogen) atoms. The SMILES string of the molecule is CCC/C=C/[C@](C)(C#N)O[Si](C)(C)C. The topological polar surface area (TPSA) is 33.0 Å². The molecule has 0 aliphatic heterocycles. The largest absolute Gasteiger partial charge is 0.397 e. The molecule has 0 aliphatic carbocycles. The Morgan fingerprint density at radius 2 is 2.00 bits per heavy atom. The fourth-order valence-corrected chi connectivity index (χ4v) is 2.59. The molecule has 0 spiro atoms. The molecule has 0 aromatic heterocycles. The summed E-state index contributed by atoms with van der Waals surface area (Å²) in [6, 6.07) is 2.22. The van der Waals surface area contributed by atoms with Crippen LogP contribution in [-0.4, -0.2) is 13.9 Å². The highest BCUT2D eigenvalue weighted by Crippen LogP contribution is 2.18. The van der Waals surface area contributed by atoms with E-state index in [1.807, 2.05) is 19.1 Å². The minimum atomic E-state index is -1.65. The standard InChI is InChI=1S/C11H21NOSi/c1-6-7-8-9-11(2,10-12)13-14(3,4)5/h8-9H,6-7H2,1-5H3/b9-8+/t11-/m1/s1. The van der Waals surface area contributed by atoms with Gasteiger partial charge >= 0.3 is 0 Å². The molecule has 0 saturated carbocycles. The van der Waals surface area contributed by atoms with E-state index in [-0.39, 0.29) is 0 Å². The van der Waals surface area contributed by atoms with Crippen LogP contribution in [0.5, 0.6) is 0 Å². The molecule has 0 saturated heterocycles. The van der Waals surface area contributed by atoms with E-state index in [9.17, 15) is 0 Å². The maximum Gasteiger partial charge on any atom is 0.186 e.